The molecular formula is C12H16N2O3S. The molecule has 1 aromatic rings. The maximum absolute atomic E-state index is 12.0. The zero-order valence-corrected chi connectivity index (χ0v) is 11.0. The summed E-state index contributed by atoms with van der Waals surface area (Å²) in [4.78, 5) is 27.7. The number of aromatic nitrogens is 1. The first-order valence-electron chi connectivity index (χ1n) is 5.98. The van der Waals surface area contributed by atoms with Crippen LogP contribution in [0.3, 0.4) is 0 Å². The molecular weight excluding hydrogens is 252 g/mol. The number of nitrogens with zero attached hydrogens (tertiary/aromatic N) is 1. The molecule has 0 unspecified atom stereocenters. The minimum Gasteiger partial charge on any atom is -0.480 e. The molecule has 6 heteroatoms. The van der Waals surface area contributed by atoms with E-state index in [4.69, 9.17) is 0 Å². The fourth-order valence-corrected chi connectivity index (χ4v) is 2.77. The van der Waals surface area contributed by atoms with Crippen molar-refractivity contribution in [2.45, 2.75) is 38.1 Å². The molecule has 0 aromatic carbocycles. The summed E-state index contributed by atoms with van der Waals surface area (Å²) in [5.41, 5.74) is 0.457. The summed E-state index contributed by atoms with van der Waals surface area (Å²) in [7, 11) is 0. The molecule has 1 aliphatic carbocycles. The normalized spacial score (nSPS) is 27.7. The minimum absolute atomic E-state index is 0.338. The highest BCUT2D eigenvalue weighted by atomic mass is 32.1. The van der Waals surface area contributed by atoms with Crippen molar-refractivity contribution >= 4 is 23.2 Å². The van der Waals surface area contributed by atoms with Gasteiger partial charge in [-0.3, -0.25) is 9.78 Å². The van der Waals surface area contributed by atoms with Gasteiger partial charge in [0.15, 0.2) is 0 Å². The maximum atomic E-state index is 12.0. The second-order valence-corrected chi connectivity index (χ2v) is 5.78. The van der Waals surface area contributed by atoms with Gasteiger partial charge in [0, 0.05) is 0 Å². The molecule has 2 N–H and O–H groups in total. The Morgan fingerprint density at radius 3 is 2.67 bits per heavy atom. The van der Waals surface area contributed by atoms with Gasteiger partial charge in [0.05, 0.1) is 11.7 Å². The summed E-state index contributed by atoms with van der Waals surface area (Å²) in [6.07, 6.45) is 4.10. The van der Waals surface area contributed by atoms with E-state index in [2.05, 4.69) is 17.2 Å². The van der Waals surface area contributed by atoms with E-state index in [0.717, 1.165) is 12.8 Å². The van der Waals surface area contributed by atoms with Crippen molar-refractivity contribution in [3.8, 4) is 0 Å². The predicted molar refractivity (Wildman–Crippen MR) is 67.6 cm³/mol. The molecule has 0 bridgehead atoms. The lowest BCUT2D eigenvalue weighted by Gasteiger charge is -2.36. The molecule has 1 amide bonds. The number of hydrogen-bond donors (Lipinski definition) is 2. The molecule has 1 aliphatic rings. The Kier molecular flexibility index (Phi) is 3.65. The van der Waals surface area contributed by atoms with Crippen LogP contribution in [0.15, 0.2) is 11.7 Å². The zero-order valence-electron chi connectivity index (χ0n) is 10.2. The van der Waals surface area contributed by atoms with Crippen LogP contribution in [0.5, 0.6) is 0 Å². The highest BCUT2D eigenvalue weighted by Crippen LogP contribution is 2.32. The Bertz CT molecular complexity index is 436. The Morgan fingerprint density at radius 1 is 1.50 bits per heavy atom. The van der Waals surface area contributed by atoms with E-state index in [9.17, 15) is 14.7 Å². The number of carbonyl (C=O) groups excluding carboxylic acids is 1. The third-order valence-electron chi connectivity index (χ3n) is 3.55. The van der Waals surface area contributed by atoms with E-state index >= 15 is 0 Å². The molecule has 1 saturated carbocycles. The van der Waals surface area contributed by atoms with Crippen molar-refractivity contribution in [2.75, 3.05) is 0 Å². The van der Waals surface area contributed by atoms with Crippen LogP contribution in [0.1, 0.15) is 42.3 Å². The van der Waals surface area contributed by atoms with Gasteiger partial charge in [0.1, 0.15) is 10.4 Å². The van der Waals surface area contributed by atoms with Gasteiger partial charge < -0.3 is 10.4 Å². The summed E-state index contributed by atoms with van der Waals surface area (Å²) in [6, 6.07) is 0. The molecule has 1 aromatic heterocycles. The van der Waals surface area contributed by atoms with Crippen LogP contribution in [-0.2, 0) is 4.79 Å². The molecule has 1 heterocycles. The van der Waals surface area contributed by atoms with E-state index in [-0.39, 0.29) is 5.91 Å². The number of thiazole rings is 1. The fourth-order valence-electron chi connectivity index (χ4n) is 2.25. The number of carboxylic acid groups (broad SMARTS) is 1. The second kappa shape index (κ2) is 5.06. The number of hydrogen-bond acceptors (Lipinski definition) is 4. The lowest BCUT2D eigenvalue weighted by Crippen LogP contribution is -2.56. The number of carbonyl (C=O) groups is 2. The Hall–Kier alpha value is -1.43. The molecule has 0 saturated heterocycles. The number of rotatable bonds is 3. The standard InChI is InChI=1S/C12H16N2O3S/c1-8-2-4-12(5-3-8,11(16)17)14-10(15)9-6-13-7-18-9/h6-8H,2-5H2,1H3,(H,14,15)(H,16,17). The van der Waals surface area contributed by atoms with Gasteiger partial charge in [-0.25, -0.2) is 4.79 Å². The molecule has 2 rings (SSSR count). The second-order valence-electron chi connectivity index (χ2n) is 4.89. The van der Waals surface area contributed by atoms with Gasteiger partial charge in [0.2, 0.25) is 0 Å². The van der Waals surface area contributed by atoms with Crippen molar-refractivity contribution in [3.63, 3.8) is 0 Å². The molecule has 0 atom stereocenters. The van der Waals surface area contributed by atoms with Crippen LogP contribution in [-0.4, -0.2) is 27.5 Å². The first kappa shape index (κ1) is 13.0. The van der Waals surface area contributed by atoms with E-state index in [1.54, 1.807) is 5.51 Å². The molecule has 0 spiro atoms. The van der Waals surface area contributed by atoms with Crippen molar-refractivity contribution in [3.05, 3.63) is 16.6 Å². The van der Waals surface area contributed by atoms with Crippen LogP contribution in [0.2, 0.25) is 0 Å². The molecule has 0 radical (unpaired) electrons. The maximum Gasteiger partial charge on any atom is 0.329 e. The summed E-state index contributed by atoms with van der Waals surface area (Å²) in [5, 5.41) is 12.1. The summed E-state index contributed by atoms with van der Waals surface area (Å²) in [5.74, 6) is -0.750. The number of nitrogens with one attached hydrogen (secondary N) is 1. The van der Waals surface area contributed by atoms with E-state index in [1.165, 1.54) is 17.5 Å². The van der Waals surface area contributed by atoms with Crippen LogP contribution < -0.4 is 5.32 Å². The van der Waals surface area contributed by atoms with Gasteiger partial charge in [-0.1, -0.05) is 6.92 Å². The lowest BCUT2D eigenvalue weighted by molar-refractivity contribution is -0.146. The SMILES string of the molecule is CC1CCC(NC(=O)c2cncs2)(C(=O)O)CC1. The van der Waals surface area contributed by atoms with Gasteiger partial charge >= 0.3 is 5.97 Å². The van der Waals surface area contributed by atoms with Crippen LogP contribution >= 0.6 is 11.3 Å². The molecule has 0 aliphatic heterocycles. The van der Waals surface area contributed by atoms with Gasteiger partial charge in [0.25, 0.3) is 5.91 Å². The fraction of sp³-hybridized carbons (Fsp3) is 0.583. The van der Waals surface area contributed by atoms with Crippen molar-refractivity contribution in [2.24, 2.45) is 5.92 Å². The van der Waals surface area contributed by atoms with Gasteiger partial charge in [-0.15, -0.1) is 11.3 Å². The Labute approximate surface area is 109 Å². The molecule has 98 valence electrons. The average Bonchev–Trinajstić information content (AvgIpc) is 2.85. The summed E-state index contributed by atoms with van der Waals surface area (Å²) >= 11 is 1.21. The lowest BCUT2D eigenvalue weighted by atomic mass is 9.77. The van der Waals surface area contributed by atoms with Crippen LogP contribution in [0, 0.1) is 5.92 Å². The van der Waals surface area contributed by atoms with Crippen LogP contribution in [0.25, 0.3) is 0 Å². The quantitative estimate of drug-likeness (QED) is 0.877. The molecule has 1 fully saturated rings. The van der Waals surface area contributed by atoms with E-state index < -0.39 is 11.5 Å². The number of aliphatic carboxylic acids is 1. The monoisotopic (exact) mass is 268 g/mol. The Morgan fingerprint density at radius 2 is 2.17 bits per heavy atom. The highest BCUT2D eigenvalue weighted by molar-refractivity contribution is 7.11. The van der Waals surface area contributed by atoms with E-state index in [0.29, 0.717) is 23.6 Å². The third kappa shape index (κ3) is 2.53. The van der Waals surface area contributed by atoms with Crippen molar-refractivity contribution in [1.29, 1.82) is 0 Å². The smallest absolute Gasteiger partial charge is 0.329 e. The first-order valence-corrected chi connectivity index (χ1v) is 6.86. The topological polar surface area (TPSA) is 79.3 Å². The predicted octanol–water partition coefficient (Wildman–Crippen LogP) is 1.91. The summed E-state index contributed by atoms with van der Waals surface area (Å²) in [6.45, 7) is 2.11. The first-order chi connectivity index (χ1) is 8.53. The molecule has 18 heavy (non-hydrogen) atoms. The van der Waals surface area contributed by atoms with E-state index in [1.807, 2.05) is 0 Å². The summed E-state index contributed by atoms with van der Waals surface area (Å²) < 4.78 is 0. The minimum atomic E-state index is -1.10. The molecule has 5 nitrogen and oxygen atoms in total. The van der Waals surface area contributed by atoms with Gasteiger partial charge in [-0.2, -0.15) is 0 Å². The number of carboxylic acids is 1. The largest absolute Gasteiger partial charge is 0.480 e. The zero-order chi connectivity index (χ0) is 13.2. The average molecular weight is 268 g/mol. The Balaban J connectivity index is 2.12. The van der Waals surface area contributed by atoms with Crippen molar-refractivity contribution < 1.29 is 14.7 Å². The van der Waals surface area contributed by atoms with Crippen molar-refractivity contribution in [1.82, 2.24) is 10.3 Å². The third-order valence-corrected chi connectivity index (χ3v) is 4.32. The highest BCUT2D eigenvalue weighted by Gasteiger charge is 2.42. The van der Waals surface area contributed by atoms with Crippen LogP contribution in [0.4, 0.5) is 0 Å². The number of amides is 1. The van der Waals surface area contributed by atoms with Gasteiger partial charge in [-0.05, 0) is 31.6 Å².